The molecule has 19 heavy (non-hydrogen) atoms. The zero-order chi connectivity index (χ0) is 14.0. The molecule has 1 aromatic heterocycles. The summed E-state index contributed by atoms with van der Waals surface area (Å²) >= 11 is 5.94. The number of nitriles is 1. The second-order valence-electron chi connectivity index (χ2n) is 4.09. The molecule has 0 unspecified atom stereocenters. The standard InChI is InChI=1S/C14H10ClFN2O/c1-9-5-6-10(7-17)14(19)18(9)8-11-12(15)3-2-4-13(11)16/h2-6H,8H2,1H3. The average molecular weight is 277 g/mol. The highest BCUT2D eigenvalue weighted by molar-refractivity contribution is 6.31. The minimum atomic E-state index is -0.471. The molecule has 3 nitrogen and oxygen atoms in total. The maximum absolute atomic E-state index is 13.7. The van der Waals surface area contributed by atoms with Crippen LogP contribution < -0.4 is 5.56 Å². The Morgan fingerprint density at radius 3 is 2.74 bits per heavy atom. The van der Waals surface area contributed by atoms with Crippen molar-refractivity contribution >= 4 is 11.6 Å². The van der Waals surface area contributed by atoms with Crippen LogP contribution in [0.2, 0.25) is 5.02 Å². The molecule has 0 radical (unpaired) electrons. The van der Waals surface area contributed by atoms with Crippen LogP contribution in [-0.2, 0) is 6.54 Å². The molecule has 0 bridgehead atoms. The molecule has 0 fully saturated rings. The van der Waals surface area contributed by atoms with E-state index in [9.17, 15) is 9.18 Å². The molecule has 0 aliphatic heterocycles. The van der Waals surface area contributed by atoms with Crippen LogP contribution >= 0.6 is 11.6 Å². The molecular weight excluding hydrogens is 267 g/mol. The molecular formula is C14H10ClFN2O. The van der Waals surface area contributed by atoms with Gasteiger partial charge in [0, 0.05) is 16.3 Å². The zero-order valence-electron chi connectivity index (χ0n) is 10.2. The van der Waals surface area contributed by atoms with Gasteiger partial charge in [-0.25, -0.2) is 4.39 Å². The van der Waals surface area contributed by atoms with Gasteiger partial charge < -0.3 is 4.57 Å². The molecule has 0 saturated heterocycles. The second kappa shape index (κ2) is 5.25. The molecule has 0 atom stereocenters. The van der Waals surface area contributed by atoms with Crippen molar-refractivity contribution < 1.29 is 4.39 Å². The normalized spacial score (nSPS) is 10.2. The zero-order valence-corrected chi connectivity index (χ0v) is 10.9. The third-order valence-electron chi connectivity index (χ3n) is 2.89. The van der Waals surface area contributed by atoms with Crippen LogP contribution in [0.25, 0.3) is 0 Å². The quantitative estimate of drug-likeness (QED) is 0.847. The Balaban J connectivity index is 2.57. The van der Waals surface area contributed by atoms with Crippen molar-refractivity contribution in [2.24, 2.45) is 0 Å². The summed E-state index contributed by atoms with van der Waals surface area (Å²) in [6.07, 6.45) is 0. The minimum absolute atomic E-state index is 0.00565. The van der Waals surface area contributed by atoms with Gasteiger partial charge in [-0.05, 0) is 31.2 Å². The van der Waals surface area contributed by atoms with Gasteiger partial charge in [0.1, 0.15) is 17.4 Å². The van der Waals surface area contributed by atoms with Crippen molar-refractivity contribution in [3.05, 3.63) is 68.3 Å². The van der Waals surface area contributed by atoms with Gasteiger partial charge in [-0.1, -0.05) is 17.7 Å². The van der Waals surface area contributed by atoms with E-state index in [1.807, 2.05) is 6.07 Å². The predicted octanol–water partition coefficient (Wildman–Crippen LogP) is 2.87. The largest absolute Gasteiger partial charge is 0.307 e. The number of hydrogen-bond donors (Lipinski definition) is 0. The van der Waals surface area contributed by atoms with Crippen molar-refractivity contribution in [1.82, 2.24) is 4.57 Å². The Morgan fingerprint density at radius 1 is 1.37 bits per heavy atom. The van der Waals surface area contributed by atoms with E-state index in [0.717, 1.165) is 0 Å². The molecule has 0 spiro atoms. The Kier molecular flexibility index (Phi) is 3.68. The molecule has 0 N–H and O–H groups in total. The maximum atomic E-state index is 13.7. The van der Waals surface area contributed by atoms with Crippen molar-refractivity contribution in [3.8, 4) is 6.07 Å². The Hall–Kier alpha value is -2.12. The molecule has 0 saturated carbocycles. The predicted molar refractivity (Wildman–Crippen MR) is 70.7 cm³/mol. The summed E-state index contributed by atoms with van der Waals surface area (Å²) in [5.41, 5.74) is 0.465. The molecule has 0 amide bonds. The molecule has 0 aliphatic carbocycles. The Labute approximate surface area is 114 Å². The van der Waals surface area contributed by atoms with Gasteiger partial charge in [0.15, 0.2) is 0 Å². The fourth-order valence-corrected chi connectivity index (χ4v) is 2.02. The van der Waals surface area contributed by atoms with Gasteiger partial charge in [-0.2, -0.15) is 5.26 Å². The van der Waals surface area contributed by atoms with Crippen LogP contribution in [-0.4, -0.2) is 4.57 Å². The number of pyridine rings is 1. The first-order valence-corrected chi connectivity index (χ1v) is 5.96. The van der Waals surface area contributed by atoms with Crippen LogP contribution in [0.15, 0.2) is 35.1 Å². The van der Waals surface area contributed by atoms with Gasteiger partial charge >= 0.3 is 0 Å². The highest BCUT2D eigenvalue weighted by Gasteiger charge is 2.11. The average Bonchev–Trinajstić information content (AvgIpc) is 2.37. The number of rotatable bonds is 2. The summed E-state index contributed by atoms with van der Waals surface area (Å²) in [5.74, 6) is -0.471. The van der Waals surface area contributed by atoms with Gasteiger partial charge in [0.25, 0.3) is 5.56 Å². The number of benzene rings is 1. The molecule has 0 aliphatic rings. The van der Waals surface area contributed by atoms with E-state index in [1.54, 1.807) is 19.1 Å². The van der Waals surface area contributed by atoms with Crippen LogP contribution in [0.5, 0.6) is 0 Å². The highest BCUT2D eigenvalue weighted by atomic mass is 35.5. The van der Waals surface area contributed by atoms with Crippen molar-refractivity contribution in [2.45, 2.75) is 13.5 Å². The van der Waals surface area contributed by atoms with Crippen LogP contribution in [0.1, 0.15) is 16.8 Å². The van der Waals surface area contributed by atoms with Gasteiger partial charge in [0.05, 0.1) is 6.54 Å². The Morgan fingerprint density at radius 2 is 2.11 bits per heavy atom. The fraction of sp³-hybridized carbons (Fsp3) is 0.143. The summed E-state index contributed by atoms with van der Waals surface area (Å²) in [6.45, 7) is 1.73. The number of aromatic nitrogens is 1. The Bertz CT molecular complexity index is 711. The molecule has 2 aromatic rings. The van der Waals surface area contributed by atoms with E-state index in [0.29, 0.717) is 5.69 Å². The van der Waals surface area contributed by atoms with E-state index in [2.05, 4.69) is 0 Å². The molecule has 1 heterocycles. The SMILES string of the molecule is Cc1ccc(C#N)c(=O)n1Cc1c(F)cccc1Cl. The van der Waals surface area contributed by atoms with Crippen molar-refractivity contribution in [1.29, 1.82) is 5.26 Å². The smallest absolute Gasteiger partial charge is 0.268 e. The van der Waals surface area contributed by atoms with Crippen molar-refractivity contribution in [3.63, 3.8) is 0 Å². The molecule has 2 rings (SSSR count). The topological polar surface area (TPSA) is 45.8 Å². The lowest BCUT2D eigenvalue weighted by Gasteiger charge is -2.12. The summed E-state index contributed by atoms with van der Waals surface area (Å²) < 4.78 is 15.1. The highest BCUT2D eigenvalue weighted by Crippen LogP contribution is 2.20. The van der Waals surface area contributed by atoms with E-state index in [-0.39, 0.29) is 22.7 Å². The first kappa shape index (κ1) is 13.3. The van der Waals surface area contributed by atoms with E-state index in [4.69, 9.17) is 16.9 Å². The van der Waals surface area contributed by atoms with Crippen LogP contribution in [0.4, 0.5) is 4.39 Å². The van der Waals surface area contributed by atoms with E-state index in [1.165, 1.54) is 22.8 Å². The lowest BCUT2D eigenvalue weighted by Crippen LogP contribution is -2.25. The third-order valence-corrected chi connectivity index (χ3v) is 3.24. The second-order valence-corrected chi connectivity index (χ2v) is 4.50. The van der Waals surface area contributed by atoms with Gasteiger partial charge in [-0.15, -0.1) is 0 Å². The lowest BCUT2D eigenvalue weighted by molar-refractivity contribution is 0.593. The molecule has 96 valence electrons. The van der Waals surface area contributed by atoms with E-state index < -0.39 is 11.4 Å². The van der Waals surface area contributed by atoms with Gasteiger partial charge in [-0.3, -0.25) is 4.79 Å². The molecule has 1 aromatic carbocycles. The lowest BCUT2D eigenvalue weighted by atomic mass is 10.2. The number of aryl methyl sites for hydroxylation is 1. The van der Waals surface area contributed by atoms with E-state index >= 15 is 0 Å². The fourth-order valence-electron chi connectivity index (χ4n) is 1.79. The first-order chi connectivity index (χ1) is 9.04. The van der Waals surface area contributed by atoms with Crippen LogP contribution in [0, 0.1) is 24.1 Å². The number of hydrogen-bond acceptors (Lipinski definition) is 2. The maximum Gasteiger partial charge on any atom is 0.268 e. The third kappa shape index (κ3) is 2.51. The number of halogens is 2. The molecule has 5 heteroatoms. The first-order valence-electron chi connectivity index (χ1n) is 5.58. The summed E-state index contributed by atoms with van der Waals surface area (Å²) in [6, 6.07) is 9.27. The minimum Gasteiger partial charge on any atom is -0.307 e. The van der Waals surface area contributed by atoms with Crippen LogP contribution in [0.3, 0.4) is 0 Å². The summed E-state index contributed by atoms with van der Waals surface area (Å²) in [4.78, 5) is 12.0. The monoisotopic (exact) mass is 276 g/mol. The van der Waals surface area contributed by atoms with Gasteiger partial charge in [0.2, 0.25) is 0 Å². The number of nitrogens with zero attached hydrogens (tertiary/aromatic N) is 2. The summed E-state index contributed by atoms with van der Waals surface area (Å²) in [7, 11) is 0. The van der Waals surface area contributed by atoms with Crippen molar-refractivity contribution in [2.75, 3.05) is 0 Å². The summed E-state index contributed by atoms with van der Waals surface area (Å²) in [5, 5.41) is 9.10.